The first-order valence-electron chi connectivity index (χ1n) is 12.7. The van der Waals surface area contributed by atoms with Gasteiger partial charge in [-0.05, 0) is 61.7 Å². The number of methoxy groups -OCH3 is 1. The second kappa shape index (κ2) is 14.3. The van der Waals surface area contributed by atoms with Crippen LogP contribution < -0.4 is 10.8 Å². The fraction of sp³-hybridized carbons (Fsp3) is 0.367. The van der Waals surface area contributed by atoms with Crippen molar-refractivity contribution in [2.75, 3.05) is 34.4 Å². The van der Waals surface area contributed by atoms with Crippen LogP contribution in [0.15, 0.2) is 54.6 Å². The van der Waals surface area contributed by atoms with Gasteiger partial charge in [0.25, 0.3) is 17.7 Å². The van der Waals surface area contributed by atoms with Crippen molar-refractivity contribution in [3.8, 4) is 11.8 Å². The molecule has 1 heterocycles. The second-order valence-corrected chi connectivity index (χ2v) is 9.17. The SMILES string of the molecule is CNC(=O)[C@@](C)(C(=O)NOC1CCCCO1)N(C)C(=O)c1ccc(C#Cc2ccc(C=CCOC)cc2)cc1. The zero-order valence-corrected chi connectivity index (χ0v) is 22.8. The molecule has 0 saturated carbocycles. The molecule has 2 N–H and O–H groups in total. The Morgan fingerprint density at radius 1 is 1.05 bits per heavy atom. The van der Waals surface area contributed by atoms with Gasteiger partial charge in [-0.1, -0.05) is 36.1 Å². The van der Waals surface area contributed by atoms with Crippen LogP contribution in [0.3, 0.4) is 0 Å². The van der Waals surface area contributed by atoms with Crippen molar-refractivity contribution in [2.45, 2.75) is 38.0 Å². The summed E-state index contributed by atoms with van der Waals surface area (Å²) in [4.78, 5) is 45.6. The van der Waals surface area contributed by atoms with E-state index in [-0.39, 0.29) is 0 Å². The molecular weight excluding hydrogens is 498 g/mol. The molecule has 0 aromatic heterocycles. The fourth-order valence-electron chi connectivity index (χ4n) is 3.87. The molecule has 2 aromatic rings. The van der Waals surface area contributed by atoms with Gasteiger partial charge in [-0.15, -0.1) is 0 Å². The monoisotopic (exact) mass is 533 g/mol. The van der Waals surface area contributed by atoms with E-state index in [9.17, 15) is 14.4 Å². The maximum absolute atomic E-state index is 13.3. The van der Waals surface area contributed by atoms with E-state index in [0.717, 1.165) is 28.9 Å². The van der Waals surface area contributed by atoms with Gasteiger partial charge < -0.3 is 19.7 Å². The number of carbonyl (C=O) groups excluding carboxylic acids is 3. The molecule has 3 rings (SSSR count). The number of amides is 3. The number of ether oxygens (including phenoxy) is 2. The predicted octanol–water partition coefficient (Wildman–Crippen LogP) is 2.90. The Labute approximate surface area is 229 Å². The molecule has 1 fully saturated rings. The molecule has 2 aromatic carbocycles. The van der Waals surface area contributed by atoms with Crippen LogP contribution in [0.1, 0.15) is 53.2 Å². The van der Waals surface area contributed by atoms with E-state index in [4.69, 9.17) is 14.3 Å². The minimum atomic E-state index is -1.87. The first kappa shape index (κ1) is 29.6. The summed E-state index contributed by atoms with van der Waals surface area (Å²) in [7, 11) is 4.45. The smallest absolute Gasteiger partial charge is 0.279 e. The summed E-state index contributed by atoms with van der Waals surface area (Å²) in [5.74, 6) is 4.23. The number of benzene rings is 2. The first-order valence-corrected chi connectivity index (χ1v) is 12.7. The maximum atomic E-state index is 13.3. The van der Waals surface area contributed by atoms with Crippen LogP contribution in [0.2, 0.25) is 0 Å². The van der Waals surface area contributed by atoms with E-state index in [1.54, 1.807) is 31.4 Å². The number of hydrogen-bond donors (Lipinski definition) is 2. The molecule has 2 atom stereocenters. The van der Waals surface area contributed by atoms with Gasteiger partial charge in [-0.3, -0.25) is 14.4 Å². The van der Waals surface area contributed by atoms with Gasteiger partial charge in [0, 0.05) is 50.9 Å². The molecule has 1 aliphatic heterocycles. The summed E-state index contributed by atoms with van der Waals surface area (Å²) in [6.45, 7) is 2.45. The number of carbonyl (C=O) groups is 3. The molecule has 0 radical (unpaired) electrons. The van der Waals surface area contributed by atoms with Crippen molar-refractivity contribution in [3.63, 3.8) is 0 Å². The molecule has 0 aliphatic carbocycles. The molecule has 1 aliphatic rings. The number of rotatable bonds is 9. The molecule has 1 saturated heterocycles. The van der Waals surface area contributed by atoms with Crippen LogP contribution in [0.4, 0.5) is 0 Å². The molecule has 1 unspecified atom stereocenters. The van der Waals surface area contributed by atoms with Crippen molar-refractivity contribution >= 4 is 23.8 Å². The lowest BCUT2D eigenvalue weighted by molar-refractivity contribution is -0.204. The van der Waals surface area contributed by atoms with Gasteiger partial charge in [-0.25, -0.2) is 10.3 Å². The third-order valence-corrected chi connectivity index (χ3v) is 6.47. The van der Waals surface area contributed by atoms with E-state index < -0.39 is 29.6 Å². The number of nitrogens with one attached hydrogen (secondary N) is 2. The maximum Gasteiger partial charge on any atom is 0.279 e. The average Bonchev–Trinajstić information content (AvgIpc) is 2.98. The third-order valence-electron chi connectivity index (χ3n) is 6.47. The van der Waals surface area contributed by atoms with Gasteiger partial charge >= 0.3 is 0 Å². The Morgan fingerprint density at radius 2 is 1.69 bits per heavy atom. The van der Waals surface area contributed by atoms with Crippen LogP contribution in [-0.4, -0.2) is 68.9 Å². The molecule has 39 heavy (non-hydrogen) atoms. The molecule has 9 nitrogen and oxygen atoms in total. The first-order chi connectivity index (χ1) is 18.8. The average molecular weight is 534 g/mol. The van der Waals surface area contributed by atoms with Gasteiger partial charge in [0.05, 0.1) is 6.61 Å². The summed E-state index contributed by atoms with van der Waals surface area (Å²) in [6.07, 6.45) is 5.77. The highest BCUT2D eigenvalue weighted by molar-refractivity contribution is 6.12. The summed E-state index contributed by atoms with van der Waals surface area (Å²) in [5, 5.41) is 2.46. The van der Waals surface area contributed by atoms with Crippen LogP contribution in [0, 0.1) is 11.8 Å². The summed E-state index contributed by atoms with van der Waals surface area (Å²) >= 11 is 0. The minimum absolute atomic E-state index is 0.301. The quantitative estimate of drug-likeness (QED) is 0.292. The Kier molecular flexibility index (Phi) is 10.8. The van der Waals surface area contributed by atoms with Gasteiger partial charge in [0.15, 0.2) is 11.8 Å². The minimum Gasteiger partial charge on any atom is -0.381 e. The Bertz CT molecular complexity index is 1220. The number of hydroxylamine groups is 1. The number of likely N-dealkylation sites (N-methyl/N-ethyl adjacent to an activating group) is 2. The normalized spacial score (nSPS) is 16.5. The third kappa shape index (κ3) is 7.77. The van der Waals surface area contributed by atoms with Gasteiger partial charge in [-0.2, -0.15) is 0 Å². The number of nitrogens with zero attached hydrogens (tertiary/aromatic N) is 1. The van der Waals surface area contributed by atoms with E-state index in [0.29, 0.717) is 30.8 Å². The Hall–Kier alpha value is -3.97. The van der Waals surface area contributed by atoms with Gasteiger partial charge in [0.1, 0.15) is 0 Å². The van der Waals surface area contributed by atoms with Crippen molar-refractivity contribution in [2.24, 2.45) is 0 Å². The molecule has 206 valence electrons. The second-order valence-electron chi connectivity index (χ2n) is 9.17. The molecule has 0 spiro atoms. The van der Waals surface area contributed by atoms with Crippen molar-refractivity contribution in [1.29, 1.82) is 0 Å². The van der Waals surface area contributed by atoms with Gasteiger partial charge in [0.2, 0.25) is 0 Å². The summed E-state index contributed by atoms with van der Waals surface area (Å²) in [6, 6.07) is 14.5. The predicted molar refractivity (Wildman–Crippen MR) is 147 cm³/mol. The van der Waals surface area contributed by atoms with Crippen molar-refractivity contribution in [1.82, 2.24) is 15.7 Å². The number of hydrogen-bond acceptors (Lipinski definition) is 6. The van der Waals surface area contributed by atoms with Crippen molar-refractivity contribution < 1.29 is 28.7 Å². The van der Waals surface area contributed by atoms with Crippen LogP contribution >= 0.6 is 0 Å². The van der Waals surface area contributed by atoms with E-state index in [2.05, 4.69) is 22.6 Å². The lowest BCUT2D eigenvalue weighted by Gasteiger charge is -2.36. The topological polar surface area (TPSA) is 106 Å². The van der Waals surface area contributed by atoms with Crippen LogP contribution in [0.5, 0.6) is 0 Å². The lowest BCUT2D eigenvalue weighted by Crippen LogP contribution is -2.65. The standard InChI is InChI=1S/C30H35N3O6/c1-30(28(35)31-2,29(36)32-39-26-9-5-6-21-38-26)33(3)27(34)25-18-16-24(17-19-25)15-14-23-12-10-22(11-13-23)8-7-20-37-4/h7-8,10-13,16-19,26H,5-6,9,20-21H2,1-4H3,(H,31,35)(H,32,36)/t26?,30-/m0/s1. The van der Waals surface area contributed by atoms with Crippen LogP contribution in [0.25, 0.3) is 6.08 Å². The Morgan fingerprint density at radius 3 is 2.26 bits per heavy atom. The van der Waals surface area contributed by atoms with Crippen molar-refractivity contribution in [3.05, 3.63) is 76.9 Å². The summed E-state index contributed by atoms with van der Waals surface area (Å²) in [5.41, 5.74) is 3.36. The highest BCUT2D eigenvalue weighted by Crippen LogP contribution is 2.20. The molecule has 0 bridgehead atoms. The highest BCUT2D eigenvalue weighted by Gasteiger charge is 2.47. The lowest BCUT2D eigenvalue weighted by atomic mass is 9.96. The summed E-state index contributed by atoms with van der Waals surface area (Å²) < 4.78 is 10.5. The largest absolute Gasteiger partial charge is 0.381 e. The van der Waals surface area contributed by atoms with E-state index in [1.165, 1.54) is 21.0 Å². The molecular formula is C30H35N3O6. The van der Waals surface area contributed by atoms with E-state index in [1.807, 2.05) is 36.4 Å². The molecule has 9 heteroatoms. The zero-order valence-electron chi connectivity index (χ0n) is 22.8. The molecule has 3 amide bonds. The highest BCUT2D eigenvalue weighted by atomic mass is 16.8. The zero-order chi connectivity index (χ0) is 28.3. The fourth-order valence-corrected chi connectivity index (χ4v) is 3.87. The van der Waals surface area contributed by atoms with Crippen LogP contribution in [-0.2, 0) is 23.9 Å². The van der Waals surface area contributed by atoms with E-state index >= 15 is 0 Å². The Balaban J connectivity index is 1.68.